The van der Waals surface area contributed by atoms with E-state index in [0.29, 0.717) is 12.7 Å². The lowest BCUT2D eigenvalue weighted by Gasteiger charge is -2.25. The number of nitrogens with one attached hydrogen (secondary N) is 1. The van der Waals surface area contributed by atoms with Crippen molar-refractivity contribution in [3.63, 3.8) is 0 Å². The molecule has 7 heteroatoms. The summed E-state index contributed by atoms with van der Waals surface area (Å²) in [5.41, 5.74) is 3.19. The Kier molecular flexibility index (Phi) is 5.49. The molecule has 0 atom stereocenters. The van der Waals surface area contributed by atoms with Gasteiger partial charge in [0, 0.05) is 30.0 Å². The van der Waals surface area contributed by atoms with Crippen LogP contribution in [0.25, 0.3) is 5.95 Å². The Labute approximate surface area is 171 Å². The third-order valence-electron chi connectivity index (χ3n) is 5.19. The Balaban J connectivity index is 1.31. The van der Waals surface area contributed by atoms with Crippen molar-refractivity contribution < 1.29 is 9.47 Å². The van der Waals surface area contributed by atoms with E-state index in [1.165, 1.54) is 5.56 Å². The van der Waals surface area contributed by atoms with E-state index >= 15 is 0 Å². The van der Waals surface area contributed by atoms with Gasteiger partial charge in [0.15, 0.2) is 11.5 Å². The summed E-state index contributed by atoms with van der Waals surface area (Å²) in [6.07, 6.45) is 7.42. The van der Waals surface area contributed by atoms with E-state index in [9.17, 15) is 0 Å². The number of hydrogen-bond donors (Lipinski definition) is 1. The number of imidazole rings is 1. The minimum absolute atomic E-state index is 0.0382. The molecule has 7 nitrogen and oxygen atoms in total. The minimum Gasteiger partial charge on any atom is -0.454 e. The molecule has 4 rings (SSSR count). The molecule has 2 aromatic heterocycles. The summed E-state index contributed by atoms with van der Waals surface area (Å²) in [6.45, 7) is 8.56. The Morgan fingerprint density at radius 3 is 2.83 bits per heavy atom. The number of hydrogen-bond acceptors (Lipinski definition) is 6. The van der Waals surface area contributed by atoms with Crippen LogP contribution in [0.1, 0.15) is 43.6 Å². The molecular weight excluding hydrogens is 366 g/mol. The van der Waals surface area contributed by atoms with Crippen LogP contribution in [-0.4, -0.2) is 32.9 Å². The number of benzene rings is 1. The number of rotatable bonds is 8. The van der Waals surface area contributed by atoms with Gasteiger partial charge < -0.3 is 14.8 Å². The lowest BCUT2D eigenvalue weighted by atomic mass is 9.84. The smallest absolute Gasteiger partial charge is 0.235 e. The first kappa shape index (κ1) is 19.4. The molecule has 3 heterocycles. The number of aryl methyl sites for hydroxylation is 1. The number of ether oxygens (including phenoxy) is 2. The average molecular weight is 393 g/mol. The summed E-state index contributed by atoms with van der Waals surface area (Å²) >= 11 is 0. The normalized spacial score (nSPS) is 13.1. The largest absolute Gasteiger partial charge is 0.454 e. The molecule has 29 heavy (non-hydrogen) atoms. The summed E-state index contributed by atoms with van der Waals surface area (Å²) in [5, 5.41) is 3.52. The maximum atomic E-state index is 5.44. The monoisotopic (exact) mass is 393 g/mol. The first-order valence-corrected chi connectivity index (χ1v) is 9.95. The number of fused-ring (bicyclic) bond motifs is 1. The van der Waals surface area contributed by atoms with E-state index in [1.54, 1.807) is 12.5 Å². The molecular formula is C22H27N5O2. The van der Waals surface area contributed by atoms with Gasteiger partial charge in [0.1, 0.15) is 6.33 Å². The fourth-order valence-electron chi connectivity index (χ4n) is 3.46. The highest BCUT2D eigenvalue weighted by atomic mass is 16.7. The van der Waals surface area contributed by atoms with Gasteiger partial charge in [-0.3, -0.25) is 4.57 Å². The standard InChI is InChI=1S/C22H27N5O2/c1-16-11-20(26-21(25-16)27-10-9-24-14-27)22(2,3)7-4-8-23-13-17-5-6-18-19(12-17)29-15-28-18/h5-6,9-12,14,23H,4,7-8,13,15H2,1-3H3. The highest BCUT2D eigenvalue weighted by Gasteiger charge is 2.23. The Hall–Kier alpha value is -2.93. The third kappa shape index (κ3) is 4.56. The van der Waals surface area contributed by atoms with Crippen LogP contribution in [0.3, 0.4) is 0 Å². The van der Waals surface area contributed by atoms with Crippen molar-refractivity contribution in [3.05, 3.63) is 59.9 Å². The average Bonchev–Trinajstić information content (AvgIpc) is 3.38. The quantitative estimate of drug-likeness (QED) is 0.590. The molecule has 0 fully saturated rings. The van der Waals surface area contributed by atoms with Crippen molar-refractivity contribution in [1.82, 2.24) is 24.8 Å². The molecule has 152 valence electrons. The SMILES string of the molecule is Cc1cc(C(C)(C)CCCNCc2ccc3c(c2)OCO3)nc(-n2ccnc2)n1. The van der Waals surface area contributed by atoms with Crippen LogP contribution in [-0.2, 0) is 12.0 Å². The van der Waals surface area contributed by atoms with Gasteiger partial charge in [0.25, 0.3) is 0 Å². The van der Waals surface area contributed by atoms with Crippen molar-refractivity contribution in [2.24, 2.45) is 0 Å². The van der Waals surface area contributed by atoms with Crippen molar-refractivity contribution >= 4 is 0 Å². The van der Waals surface area contributed by atoms with Crippen molar-refractivity contribution in [3.8, 4) is 17.4 Å². The second kappa shape index (κ2) is 8.21. The van der Waals surface area contributed by atoms with E-state index in [4.69, 9.17) is 14.5 Å². The van der Waals surface area contributed by atoms with Gasteiger partial charge in [-0.25, -0.2) is 15.0 Å². The molecule has 1 N–H and O–H groups in total. The highest BCUT2D eigenvalue weighted by Crippen LogP contribution is 2.32. The number of aromatic nitrogens is 4. The maximum absolute atomic E-state index is 5.44. The molecule has 0 spiro atoms. The van der Waals surface area contributed by atoms with Crippen LogP contribution >= 0.6 is 0 Å². The fraction of sp³-hybridized carbons (Fsp3) is 0.409. The highest BCUT2D eigenvalue weighted by molar-refractivity contribution is 5.44. The van der Waals surface area contributed by atoms with Crippen LogP contribution in [0, 0.1) is 6.92 Å². The molecule has 0 radical (unpaired) electrons. The van der Waals surface area contributed by atoms with Gasteiger partial charge in [-0.2, -0.15) is 0 Å². The van der Waals surface area contributed by atoms with Crippen LogP contribution < -0.4 is 14.8 Å². The summed E-state index contributed by atoms with van der Waals surface area (Å²) in [6, 6.07) is 8.17. The predicted molar refractivity (Wildman–Crippen MR) is 110 cm³/mol. The first-order valence-electron chi connectivity index (χ1n) is 9.95. The zero-order valence-electron chi connectivity index (χ0n) is 17.2. The molecule has 0 amide bonds. The zero-order chi connectivity index (χ0) is 20.3. The Bertz CT molecular complexity index is 969. The van der Waals surface area contributed by atoms with Gasteiger partial charge >= 0.3 is 0 Å². The third-order valence-corrected chi connectivity index (χ3v) is 5.19. The fourth-order valence-corrected chi connectivity index (χ4v) is 3.46. The van der Waals surface area contributed by atoms with E-state index in [0.717, 1.165) is 48.8 Å². The van der Waals surface area contributed by atoms with Crippen molar-refractivity contribution in [2.45, 2.75) is 45.6 Å². The predicted octanol–water partition coefficient (Wildman–Crippen LogP) is 3.55. The lowest BCUT2D eigenvalue weighted by Crippen LogP contribution is -2.23. The van der Waals surface area contributed by atoms with Crippen LogP contribution in [0.2, 0.25) is 0 Å². The molecule has 0 bridgehead atoms. The minimum atomic E-state index is -0.0382. The van der Waals surface area contributed by atoms with Crippen LogP contribution in [0.15, 0.2) is 43.0 Å². The summed E-state index contributed by atoms with van der Waals surface area (Å²) in [4.78, 5) is 13.4. The molecule has 1 aliphatic heterocycles. The Morgan fingerprint density at radius 1 is 1.14 bits per heavy atom. The molecule has 0 saturated carbocycles. The van der Waals surface area contributed by atoms with Gasteiger partial charge in [0.2, 0.25) is 12.7 Å². The van der Waals surface area contributed by atoms with Crippen LogP contribution in [0.5, 0.6) is 11.5 Å². The molecule has 0 saturated heterocycles. The van der Waals surface area contributed by atoms with E-state index < -0.39 is 0 Å². The van der Waals surface area contributed by atoms with E-state index in [1.807, 2.05) is 29.8 Å². The molecule has 3 aromatic rings. The van der Waals surface area contributed by atoms with Gasteiger partial charge in [-0.05, 0) is 50.1 Å². The number of nitrogens with zero attached hydrogens (tertiary/aromatic N) is 4. The molecule has 1 aromatic carbocycles. The molecule has 1 aliphatic rings. The zero-order valence-corrected chi connectivity index (χ0v) is 17.2. The molecule has 0 unspecified atom stereocenters. The summed E-state index contributed by atoms with van der Waals surface area (Å²) < 4.78 is 12.6. The topological polar surface area (TPSA) is 74.1 Å². The van der Waals surface area contributed by atoms with E-state index in [2.05, 4.69) is 41.3 Å². The molecule has 0 aliphatic carbocycles. The van der Waals surface area contributed by atoms with Crippen molar-refractivity contribution in [2.75, 3.05) is 13.3 Å². The van der Waals surface area contributed by atoms with Crippen molar-refractivity contribution in [1.29, 1.82) is 0 Å². The van der Waals surface area contributed by atoms with Gasteiger partial charge in [0.05, 0.1) is 5.69 Å². The first-order chi connectivity index (χ1) is 14.0. The maximum Gasteiger partial charge on any atom is 0.235 e. The lowest BCUT2D eigenvalue weighted by molar-refractivity contribution is 0.174. The summed E-state index contributed by atoms with van der Waals surface area (Å²) in [7, 11) is 0. The second-order valence-corrected chi connectivity index (χ2v) is 8.02. The van der Waals surface area contributed by atoms with Gasteiger partial charge in [-0.15, -0.1) is 0 Å². The Morgan fingerprint density at radius 2 is 2.00 bits per heavy atom. The van der Waals surface area contributed by atoms with Crippen LogP contribution in [0.4, 0.5) is 0 Å². The second-order valence-electron chi connectivity index (χ2n) is 8.02. The van der Waals surface area contributed by atoms with Gasteiger partial charge in [-0.1, -0.05) is 19.9 Å². The summed E-state index contributed by atoms with van der Waals surface area (Å²) in [5.74, 6) is 2.33. The van der Waals surface area contributed by atoms with E-state index in [-0.39, 0.29) is 5.41 Å².